The van der Waals surface area contributed by atoms with Crippen LogP contribution in [0.2, 0.25) is 0 Å². The molecule has 4 heteroatoms. The first-order chi connectivity index (χ1) is 9.20. The molecule has 4 nitrogen and oxygen atoms in total. The van der Waals surface area contributed by atoms with E-state index >= 15 is 0 Å². The molecule has 2 aromatic carbocycles. The molecule has 1 heterocycles. The van der Waals surface area contributed by atoms with Crippen LogP contribution in [-0.2, 0) is 0 Å². The molecule has 0 aliphatic carbocycles. The van der Waals surface area contributed by atoms with Gasteiger partial charge in [0.2, 0.25) is 0 Å². The molecule has 0 spiro atoms. The van der Waals surface area contributed by atoms with Crippen LogP contribution in [0.3, 0.4) is 0 Å². The Hall–Kier alpha value is -2.62. The Balaban J connectivity index is 2.62. The number of hydrogen-bond donors (Lipinski definition) is 0. The van der Waals surface area contributed by atoms with Crippen molar-refractivity contribution in [2.45, 2.75) is 0 Å². The molecular weight excluding hydrogens is 244 g/mol. The summed E-state index contributed by atoms with van der Waals surface area (Å²) in [7, 11) is 1.54. The summed E-state index contributed by atoms with van der Waals surface area (Å²) in [5.74, 6) is 0.595. The number of benzene rings is 1. The van der Waals surface area contributed by atoms with E-state index < -0.39 is 5.63 Å². The van der Waals surface area contributed by atoms with E-state index in [1.807, 2.05) is 0 Å². The van der Waals surface area contributed by atoms with Gasteiger partial charge in [0.25, 0.3) is 0 Å². The second-order valence-corrected chi connectivity index (χ2v) is 4.12. The quantitative estimate of drug-likeness (QED) is 0.625. The molecule has 0 radical (unpaired) electrons. The van der Waals surface area contributed by atoms with Crippen molar-refractivity contribution in [3.05, 3.63) is 63.1 Å². The first-order valence-corrected chi connectivity index (χ1v) is 5.74. The molecule has 19 heavy (non-hydrogen) atoms. The predicted octanol–water partition coefficient (Wildman–Crippen LogP) is 2.32. The molecule has 0 atom stereocenters. The average molecular weight is 254 g/mol. The standard InChI is InChI=1S/C15H10O4/c1-18-9-6-7-10-11-4-2-3-5-12(16)14(11)15(17)19-13(10)8-9/h2-8H,1H3. The zero-order valence-electron chi connectivity index (χ0n) is 10.2. The van der Waals surface area contributed by atoms with Gasteiger partial charge in [-0.3, -0.25) is 4.79 Å². The first-order valence-electron chi connectivity index (χ1n) is 5.74. The van der Waals surface area contributed by atoms with Crippen molar-refractivity contribution in [3.8, 4) is 5.75 Å². The molecule has 1 aromatic heterocycles. The van der Waals surface area contributed by atoms with Gasteiger partial charge in [0.05, 0.1) is 7.11 Å². The summed E-state index contributed by atoms with van der Waals surface area (Å²) in [6, 6.07) is 11.6. The summed E-state index contributed by atoms with van der Waals surface area (Å²) in [6.45, 7) is 0. The van der Waals surface area contributed by atoms with Crippen molar-refractivity contribution in [3.63, 3.8) is 0 Å². The van der Waals surface area contributed by atoms with Crippen LogP contribution in [0, 0.1) is 0 Å². The summed E-state index contributed by atoms with van der Waals surface area (Å²) in [6.07, 6.45) is 0. The van der Waals surface area contributed by atoms with Crippen LogP contribution in [0.1, 0.15) is 0 Å². The molecule has 3 rings (SSSR count). The lowest BCUT2D eigenvalue weighted by atomic mass is 10.1. The molecule has 0 unspecified atom stereocenters. The molecule has 0 N–H and O–H groups in total. The fourth-order valence-corrected chi connectivity index (χ4v) is 2.12. The highest BCUT2D eigenvalue weighted by Crippen LogP contribution is 2.24. The molecule has 0 aliphatic heterocycles. The lowest BCUT2D eigenvalue weighted by Crippen LogP contribution is -2.09. The van der Waals surface area contributed by atoms with Gasteiger partial charge in [-0.15, -0.1) is 0 Å². The van der Waals surface area contributed by atoms with Gasteiger partial charge in [0.1, 0.15) is 16.7 Å². The van der Waals surface area contributed by atoms with Crippen molar-refractivity contribution in [2.24, 2.45) is 0 Å². The zero-order valence-corrected chi connectivity index (χ0v) is 10.2. The minimum absolute atomic E-state index is 0.0719. The highest BCUT2D eigenvalue weighted by atomic mass is 16.5. The van der Waals surface area contributed by atoms with Crippen molar-refractivity contribution >= 4 is 21.7 Å². The van der Waals surface area contributed by atoms with Crippen molar-refractivity contribution in [1.29, 1.82) is 0 Å². The second kappa shape index (κ2) is 4.24. The van der Waals surface area contributed by atoms with Crippen LogP contribution >= 0.6 is 0 Å². The Labute approximate surface area is 107 Å². The summed E-state index contributed by atoms with van der Waals surface area (Å²) >= 11 is 0. The summed E-state index contributed by atoms with van der Waals surface area (Å²) < 4.78 is 10.3. The van der Waals surface area contributed by atoms with Crippen molar-refractivity contribution in [2.75, 3.05) is 7.11 Å². The van der Waals surface area contributed by atoms with E-state index in [0.717, 1.165) is 0 Å². The van der Waals surface area contributed by atoms with E-state index in [4.69, 9.17) is 9.15 Å². The molecule has 0 fully saturated rings. The monoisotopic (exact) mass is 254 g/mol. The molecule has 0 bridgehead atoms. The highest BCUT2D eigenvalue weighted by molar-refractivity contribution is 6.04. The van der Waals surface area contributed by atoms with Gasteiger partial charge >= 0.3 is 5.63 Å². The lowest BCUT2D eigenvalue weighted by Gasteiger charge is -2.02. The average Bonchev–Trinajstić information content (AvgIpc) is 2.60. The second-order valence-electron chi connectivity index (χ2n) is 4.12. The van der Waals surface area contributed by atoms with Crippen LogP contribution in [0.5, 0.6) is 5.75 Å². The summed E-state index contributed by atoms with van der Waals surface area (Å²) in [5.41, 5.74) is -0.564. The van der Waals surface area contributed by atoms with Crippen molar-refractivity contribution < 1.29 is 9.15 Å². The largest absolute Gasteiger partial charge is 0.497 e. The SMILES string of the molecule is COc1ccc2c(c1)oc(=O)c1c(=O)ccccc12. The van der Waals surface area contributed by atoms with E-state index in [1.165, 1.54) is 13.2 Å². The maximum Gasteiger partial charge on any atom is 0.348 e. The Morgan fingerprint density at radius 2 is 1.79 bits per heavy atom. The number of methoxy groups -OCH3 is 1. The fraction of sp³-hybridized carbons (Fsp3) is 0.0667. The fourth-order valence-electron chi connectivity index (χ4n) is 2.12. The normalized spacial score (nSPS) is 10.8. The highest BCUT2D eigenvalue weighted by Gasteiger charge is 2.09. The van der Waals surface area contributed by atoms with E-state index in [-0.39, 0.29) is 10.8 Å². The predicted molar refractivity (Wildman–Crippen MR) is 72.8 cm³/mol. The summed E-state index contributed by atoms with van der Waals surface area (Å²) in [4.78, 5) is 23.8. The Morgan fingerprint density at radius 3 is 2.58 bits per heavy atom. The molecule has 0 saturated heterocycles. The molecule has 0 aliphatic rings. The third-order valence-electron chi connectivity index (χ3n) is 3.02. The van der Waals surface area contributed by atoms with E-state index in [2.05, 4.69) is 0 Å². The Morgan fingerprint density at radius 1 is 1.00 bits per heavy atom. The molecule has 0 amide bonds. The van der Waals surface area contributed by atoms with Gasteiger partial charge < -0.3 is 9.15 Å². The first kappa shape index (κ1) is 11.5. The topological polar surface area (TPSA) is 56.5 Å². The van der Waals surface area contributed by atoms with Gasteiger partial charge in [-0.25, -0.2) is 4.79 Å². The number of rotatable bonds is 1. The van der Waals surface area contributed by atoms with Crippen molar-refractivity contribution in [1.82, 2.24) is 0 Å². The third-order valence-corrected chi connectivity index (χ3v) is 3.02. The number of fused-ring (bicyclic) bond motifs is 3. The van der Waals surface area contributed by atoms with Crippen LogP contribution < -0.4 is 15.8 Å². The van der Waals surface area contributed by atoms with Gasteiger partial charge in [-0.1, -0.05) is 18.2 Å². The van der Waals surface area contributed by atoms with Crippen LogP contribution in [-0.4, -0.2) is 7.11 Å². The van der Waals surface area contributed by atoms with E-state index in [9.17, 15) is 9.59 Å². The summed E-state index contributed by atoms with van der Waals surface area (Å²) in [5, 5.41) is 1.37. The maximum absolute atomic E-state index is 11.9. The molecule has 94 valence electrons. The molecular formula is C15H10O4. The van der Waals surface area contributed by atoms with E-state index in [0.29, 0.717) is 22.1 Å². The maximum atomic E-state index is 11.9. The van der Waals surface area contributed by atoms with Gasteiger partial charge in [0, 0.05) is 16.8 Å². The molecule has 3 aromatic rings. The smallest absolute Gasteiger partial charge is 0.348 e. The zero-order chi connectivity index (χ0) is 13.4. The minimum Gasteiger partial charge on any atom is -0.497 e. The van der Waals surface area contributed by atoms with Gasteiger partial charge in [0.15, 0.2) is 5.43 Å². The van der Waals surface area contributed by atoms with Crippen LogP contribution in [0.4, 0.5) is 0 Å². The van der Waals surface area contributed by atoms with Gasteiger partial charge in [-0.05, 0) is 18.2 Å². The minimum atomic E-state index is -0.628. The Bertz CT molecular complexity index is 893. The third kappa shape index (κ3) is 1.78. The number of ether oxygens (including phenoxy) is 1. The molecule has 0 saturated carbocycles. The van der Waals surface area contributed by atoms with Crippen LogP contribution in [0.25, 0.3) is 21.7 Å². The van der Waals surface area contributed by atoms with E-state index in [1.54, 1.807) is 36.4 Å². The van der Waals surface area contributed by atoms with Gasteiger partial charge in [-0.2, -0.15) is 0 Å². The Kier molecular flexibility index (Phi) is 2.56. The van der Waals surface area contributed by atoms with Crippen LogP contribution in [0.15, 0.2) is 56.5 Å². The number of hydrogen-bond acceptors (Lipinski definition) is 4. The lowest BCUT2D eigenvalue weighted by molar-refractivity contribution is 0.414.